The number of unbranched alkanes of at least 4 members (excludes halogenated alkanes) is 3. The Kier molecular flexibility index (Phi) is 8.63. The molecule has 2 amide bonds. The maximum atomic E-state index is 12.3. The molecule has 0 radical (unpaired) electrons. The van der Waals surface area contributed by atoms with Gasteiger partial charge in [-0.25, -0.2) is 4.79 Å². The third kappa shape index (κ3) is 6.22. The standard InChI is InChI=1S/C26H29NO6/c1-3-4-5-8-16-32-22-13-11-19(18-23(22)31-2)12-14-24(28)33-17-15-27-25(29)20-9-6-7-10-21(20)26(27)30/h6-7,9-14,18H,3-5,8,15-17H2,1-2H3/b14-12+. The molecule has 0 unspecified atom stereocenters. The van der Waals surface area contributed by atoms with Crippen molar-refractivity contribution >= 4 is 23.9 Å². The molecule has 0 saturated carbocycles. The van der Waals surface area contributed by atoms with Crippen molar-refractivity contribution in [3.8, 4) is 11.5 Å². The minimum atomic E-state index is -0.568. The number of carbonyl (C=O) groups is 3. The molecule has 0 bridgehead atoms. The Morgan fingerprint density at radius 1 is 0.939 bits per heavy atom. The number of rotatable bonds is 12. The van der Waals surface area contributed by atoms with Gasteiger partial charge < -0.3 is 14.2 Å². The number of imide groups is 1. The van der Waals surface area contributed by atoms with Crippen LogP contribution >= 0.6 is 0 Å². The predicted molar refractivity (Wildman–Crippen MR) is 124 cm³/mol. The molecule has 1 heterocycles. The number of methoxy groups -OCH3 is 1. The number of fused-ring (bicyclic) bond motifs is 1. The van der Waals surface area contributed by atoms with Gasteiger partial charge in [0.2, 0.25) is 0 Å². The van der Waals surface area contributed by atoms with Gasteiger partial charge in [-0.05, 0) is 42.3 Å². The fourth-order valence-corrected chi connectivity index (χ4v) is 3.51. The van der Waals surface area contributed by atoms with E-state index in [1.54, 1.807) is 43.5 Å². The van der Waals surface area contributed by atoms with Crippen LogP contribution in [0.3, 0.4) is 0 Å². The van der Waals surface area contributed by atoms with Gasteiger partial charge in [-0.2, -0.15) is 0 Å². The van der Waals surface area contributed by atoms with E-state index in [-0.39, 0.29) is 25.0 Å². The SMILES string of the molecule is CCCCCCOc1ccc(/C=C/C(=O)OCCN2C(=O)c3ccccc3C2=O)cc1OC. The van der Waals surface area contributed by atoms with Gasteiger partial charge in [-0.3, -0.25) is 14.5 Å². The first-order chi connectivity index (χ1) is 16.0. The van der Waals surface area contributed by atoms with Crippen LogP contribution in [0.15, 0.2) is 48.5 Å². The number of benzene rings is 2. The van der Waals surface area contributed by atoms with Gasteiger partial charge in [-0.15, -0.1) is 0 Å². The number of carbonyl (C=O) groups excluding carboxylic acids is 3. The molecule has 33 heavy (non-hydrogen) atoms. The summed E-state index contributed by atoms with van der Waals surface area (Å²) in [4.78, 5) is 37.8. The maximum absolute atomic E-state index is 12.3. The molecule has 0 fully saturated rings. The molecule has 3 rings (SSSR count). The Bertz CT molecular complexity index is 994. The number of amides is 2. The molecule has 174 valence electrons. The highest BCUT2D eigenvalue weighted by Gasteiger charge is 2.34. The molecular weight excluding hydrogens is 422 g/mol. The van der Waals surface area contributed by atoms with Crippen molar-refractivity contribution in [1.29, 1.82) is 0 Å². The zero-order valence-corrected chi connectivity index (χ0v) is 19.0. The highest BCUT2D eigenvalue weighted by atomic mass is 16.5. The molecule has 1 aliphatic heterocycles. The van der Waals surface area contributed by atoms with Crippen molar-refractivity contribution in [3.05, 3.63) is 65.2 Å². The van der Waals surface area contributed by atoms with Crippen LogP contribution in [-0.2, 0) is 9.53 Å². The summed E-state index contributed by atoms with van der Waals surface area (Å²) in [6, 6.07) is 12.1. The van der Waals surface area contributed by atoms with Crippen LogP contribution in [0.5, 0.6) is 11.5 Å². The molecule has 7 heteroatoms. The molecule has 0 saturated heterocycles. The second-order valence-corrected chi connectivity index (χ2v) is 7.63. The molecule has 0 aromatic heterocycles. The third-order valence-electron chi connectivity index (χ3n) is 5.29. The van der Waals surface area contributed by atoms with Crippen molar-refractivity contribution in [2.75, 3.05) is 26.9 Å². The minimum absolute atomic E-state index is 0.00401. The summed E-state index contributed by atoms with van der Waals surface area (Å²) < 4.78 is 16.4. The van der Waals surface area contributed by atoms with Gasteiger partial charge >= 0.3 is 5.97 Å². The van der Waals surface area contributed by atoms with E-state index in [4.69, 9.17) is 14.2 Å². The summed E-state index contributed by atoms with van der Waals surface area (Å²) in [6.07, 6.45) is 7.40. The lowest BCUT2D eigenvalue weighted by atomic mass is 10.1. The first kappa shape index (κ1) is 24.0. The minimum Gasteiger partial charge on any atom is -0.493 e. The van der Waals surface area contributed by atoms with Crippen molar-refractivity contribution < 1.29 is 28.6 Å². The van der Waals surface area contributed by atoms with Gasteiger partial charge in [-0.1, -0.05) is 44.4 Å². The average molecular weight is 452 g/mol. The maximum Gasteiger partial charge on any atom is 0.330 e. The van der Waals surface area contributed by atoms with E-state index in [9.17, 15) is 14.4 Å². The lowest BCUT2D eigenvalue weighted by Crippen LogP contribution is -2.33. The van der Waals surface area contributed by atoms with E-state index < -0.39 is 5.97 Å². The van der Waals surface area contributed by atoms with Crippen molar-refractivity contribution in [2.45, 2.75) is 32.6 Å². The number of ether oxygens (including phenoxy) is 3. The quantitative estimate of drug-likeness (QED) is 0.204. The summed E-state index contributed by atoms with van der Waals surface area (Å²) >= 11 is 0. The van der Waals surface area contributed by atoms with Crippen LogP contribution < -0.4 is 9.47 Å². The van der Waals surface area contributed by atoms with E-state index >= 15 is 0 Å². The fraction of sp³-hybridized carbons (Fsp3) is 0.346. The highest BCUT2D eigenvalue weighted by Crippen LogP contribution is 2.29. The van der Waals surface area contributed by atoms with Gasteiger partial charge in [0.25, 0.3) is 11.8 Å². The molecule has 0 atom stereocenters. The molecule has 2 aromatic rings. The summed E-state index contributed by atoms with van der Waals surface area (Å²) in [5.74, 6) is -0.0629. The normalized spacial score (nSPS) is 12.8. The Labute approximate surface area is 193 Å². The molecule has 0 spiro atoms. The molecule has 2 aromatic carbocycles. The van der Waals surface area contributed by atoms with Crippen LogP contribution in [0, 0.1) is 0 Å². The Balaban J connectivity index is 1.47. The molecule has 7 nitrogen and oxygen atoms in total. The van der Waals surface area contributed by atoms with E-state index in [0.717, 1.165) is 23.3 Å². The van der Waals surface area contributed by atoms with Crippen LogP contribution in [0.2, 0.25) is 0 Å². The first-order valence-corrected chi connectivity index (χ1v) is 11.2. The smallest absolute Gasteiger partial charge is 0.330 e. The van der Waals surface area contributed by atoms with Crippen LogP contribution in [0.25, 0.3) is 6.08 Å². The van der Waals surface area contributed by atoms with Crippen LogP contribution in [-0.4, -0.2) is 49.6 Å². The molecule has 1 aliphatic rings. The molecular formula is C26H29NO6. The summed E-state index contributed by atoms with van der Waals surface area (Å²) in [6.45, 7) is 2.72. The number of hydrogen-bond donors (Lipinski definition) is 0. The number of nitrogens with zero attached hydrogens (tertiary/aromatic N) is 1. The molecule has 0 aliphatic carbocycles. The Hall–Kier alpha value is -3.61. The van der Waals surface area contributed by atoms with Crippen LogP contribution in [0.4, 0.5) is 0 Å². The Morgan fingerprint density at radius 2 is 1.67 bits per heavy atom. The van der Waals surface area contributed by atoms with E-state index in [2.05, 4.69) is 6.92 Å². The topological polar surface area (TPSA) is 82.1 Å². The lowest BCUT2D eigenvalue weighted by molar-refractivity contribution is -0.137. The second-order valence-electron chi connectivity index (χ2n) is 7.63. The summed E-state index contributed by atoms with van der Waals surface area (Å²) in [7, 11) is 1.57. The number of esters is 1. The van der Waals surface area contributed by atoms with Gasteiger partial charge in [0.15, 0.2) is 11.5 Å². The van der Waals surface area contributed by atoms with Gasteiger partial charge in [0.05, 0.1) is 31.4 Å². The van der Waals surface area contributed by atoms with Crippen molar-refractivity contribution in [3.63, 3.8) is 0 Å². The summed E-state index contributed by atoms with van der Waals surface area (Å²) in [5, 5.41) is 0. The number of hydrogen-bond acceptors (Lipinski definition) is 6. The summed E-state index contributed by atoms with van der Waals surface area (Å²) in [5.41, 5.74) is 1.49. The second kappa shape index (κ2) is 11.9. The van der Waals surface area contributed by atoms with Crippen molar-refractivity contribution in [2.24, 2.45) is 0 Å². The Morgan fingerprint density at radius 3 is 2.33 bits per heavy atom. The van der Waals surface area contributed by atoms with Crippen molar-refractivity contribution in [1.82, 2.24) is 4.90 Å². The highest BCUT2D eigenvalue weighted by molar-refractivity contribution is 6.21. The van der Waals surface area contributed by atoms with Gasteiger partial charge in [0.1, 0.15) is 6.61 Å². The van der Waals surface area contributed by atoms with Gasteiger partial charge in [0, 0.05) is 6.08 Å². The van der Waals surface area contributed by atoms with Crippen LogP contribution in [0.1, 0.15) is 58.9 Å². The van der Waals surface area contributed by atoms with E-state index in [1.165, 1.54) is 18.9 Å². The first-order valence-electron chi connectivity index (χ1n) is 11.2. The largest absolute Gasteiger partial charge is 0.493 e. The fourth-order valence-electron chi connectivity index (χ4n) is 3.51. The monoisotopic (exact) mass is 451 g/mol. The third-order valence-corrected chi connectivity index (χ3v) is 5.29. The molecule has 0 N–H and O–H groups in total. The van der Waals surface area contributed by atoms with E-state index in [0.29, 0.717) is 29.2 Å². The lowest BCUT2D eigenvalue weighted by Gasteiger charge is -2.13. The average Bonchev–Trinajstić information content (AvgIpc) is 3.08. The predicted octanol–water partition coefficient (Wildman–Crippen LogP) is 4.51. The van der Waals surface area contributed by atoms with E-state index in [1.807, 2.05) is 12.1 Å². The zero-order chi connectivity index (χ0) is 23.6. The zero-order valence-electron chi connectivity index (χ0n) is 19.0.